The summed E-state index contributed by atoms with van der Waals surface area (Å²) in [5, 5.41) is 5.24. The van der Waals surface area contributed by atoms with Crippen LogP contribution < -0.4 is 10.6 Å². The second-order valence-electron chi connectivity index (χ2n) is 8.62. The Morgan fingerprint density at radius 1 is 0.938 bits per heavy atom. The SMILES string of the molecule is Cc1cc(C)c(S(=O)(=O)N2CCC[C@H]2CNC(=O)C(=O)Nc2cc(C)ccc2C)c(C)c1. The fourth-order valence-corrected chi connectivity index (χ4v) is 6.47. The van der Waals surface area contributed by atoms with E-state index in [0.717, 1.165) is 16.7 Å². The molecule has 2 aromatic carbocycles. The standard InChI is InChI=1S/C24H31N3O4S/c1-15-8-9-17(3)21(13-15)26-24(29)23(28)25-14-20-7-6-10-27(20)32(30,31)22-18(4)11-16(2)12-19(22)5/h8-9,11-13,20H,6-7,10,14H2,1-5H3,(H,25,28)(H,26,29)/t20-/m0/s1. The van der Waals surface area contributed by atoms with Crippen LogP contribution in [0.3, 0.4) is 0 Å². The van der Waals surface area contributed by atoms with Gasteiger partial charge in [0.15, 0.2) is 0 Å². The molecule has 1 saturated heterocycles. The number of nitrogens with one attached hydrogen (secondary N) is 2. The summed E-state index contributed by atoms with van der Waals surface area (Å²) < 4.78 is 28.3. The Labute approximate surface area is 190 Å². The van der Waals surface area contributed by atoms with Crippen LogP contribution in [0.4, 0.5) is 5.69 Å². The fourth-order valence-electron chi connectivity index (χ4n) is 4.36. The van der Waals surface area contributed by atoms with E-state index in [4.69, 9.17) is 0 Å². The van der Waals surface area contributed by atoms with Crippen molar-refractivity contribution < 1.29 is 18.0 Å². The number of nitrogens with zero attached hydrogens (tertiary/aromatic N) is 1. The van der Waals surface area contributed by atoms with Gasteiger partial charge in [-0.2, -0.15) is 4.31 Å². The number of rotatable bonds is 5. The van der Waals surface area contributed by atoms with Gasteiger partial charge in [-0.25, -0.2) is 8.42 Å². The van der Waals surface area contributed by atoms with Gasteiger partial charge >= 0.3 is 11.8 Å². The summed E-state index contributed by atoms with van der Waals surface area (Å²) in [5.74, 6) is -1.55. The first-order valence-electron chi connectivity index (χ1n) is 10.8. The van der Waals surface area contributed by atoms with Crippen molar-refractivity contribution in [3.63, 3.8) is 0 Å². The highest BCUT2D eigenvalue weighted by Crippen LogP contribution is 2.30. The molecule has 2 aromatic rings. The molecule has 8 heteroatoms. The van der Waals surface area contributed by atoms with Crippen molar-refractivity contribution in [2.24, 2.45) is 0 Å². The lowest BCUT2D eigenvalue weighted by Gasteiger charge is -2.26. The van der Waals surface area contributed by atoms with Crippen molar-refractivity contribution in [1.29, 1.82) is 0 Å². The van der Waals surface area contributed by atoms with E-state index in [1.54, 1.807) is 19.9 Å². The number of carbonyl (C=O) groups excluding carboxylic acids is 2. The van der Waals surface area contributed by atoms with E-state index in [9.17, 15) is 18.0 Å². The number of aryl methyl sites for hydroxylation is 5. The predicted molar refractivity (Wildman–Crippen MR) is 125 cm³/mol. The molecule has 0 spiro atoms. The molecule has 3 rings (SSSR count). The number of sulfonamides is 1. The van der Waals surface area contributed by atoms with E-state index in [1.807, 2.05) is 45.0 Å². The summed E-state index contributed by atoms with van der Waals surface area (Å²) >= 11 is 0. The molecule has 32 heavy (non-hydrogen) atoms. The topological polar surface area (TPSA) is 95.6 Å². The molecule has 1 aliphatic heterocycles. The third-order valence-electron chi connectivity index (χ3n) is 5.84. The quantitative estimate of drug-likeness (QED) is 0.675. The minimum atomic E-state index is -3.71. The molecule has 172 valence electrons. The van der Waals surface area contributed by atoms with Gasteiger partial charge in [0.25, 0.3) is 0 Å². The van der Waals surface area contributed by atoms with E-state index in [2.05, 4.69) is 10.6 Å². The van der Waals surface area contributed by atoms with E-state index in [1.165, 1.54) is 4.31 Å². The Hall–Kier alpha value is -2.71. The maximum Gasteiger partial charge on any atom is 0.313 e. The minimum Gasteiger partial charge on any atom is -0.346 e. The average molecular weight is 458 g/mol. The van der Waals surface area contributed by atoms with Crippen LogP contribution in [0.25, 0.3) is 0 Å². The largest absolute Gasteiger partial charge is 0.346 e. The summed E-state index contributed by atoms with van der Waals surface area (Å²) in [6, 6.07) is 8.95. The third-order valence-corrected chi connectivity index (χ3v) is 8.10. The van der Waals surface area contributed by atoms with Crippen LogP contribution in [-0.2, 0) is 19.6 Å². The molecule has 1 atom stereocenters. The highest BCUT2D eigenvalue weighted by Gasteiger charge is 2.37. The summed E-state index contributed by atoms with van der Waals surface area (Å²) in [6.07, 6.45) is 1.33. The number of benzene rings is 2. The summed E-state index contributed by atoms with van der Waals surface area (Å²) in [4.78, 5) is 25.1. The van der Waals surface area contributed by atoms with Crippen LogP contribution in [0.5, 0.6) is 0 Å². The van der Waals surface area contributed by atoms with Crippen molar-refractivity contribution in [2.75, 3.05) is 18.4 Å². The van der Waals surface area contributed by atoms with Crippen LogP contribution >= 0.6 is 0 Å². The first-order chi connectivity index (χ1) is 15.0. The Morgan fingerprint density at radius 3 is 2.25 bits per heavy atom. The minimum absolute atomic E-state index is 0.0856. The second kappa shape index (κ2) is 9.42. The number of hydrogen-bond donors (Lipinski definition) is 2. The van der Waals surface area contributed by atoms with Gasteiger partial charge in [0.1, 0.15) is 0 Å². The summed E-state index contributed by atoms with van der Waals surface area (Å²) in [5.41, 5.74) is 4.85. The zero-order chi connectivity index (χ0) is 23.6. The van der Waals surface area contributed by atoms with E-state index >= 15 is 0 Å². The van der Waals surface area contributed by atoms with Gasteiger partial charge in [-0.3, -0.25) is 9.59 Å². The molecular formula is C24H31N3O4S. The zero-order valence-corrected chi connectivity index (χ0v) is 20.1. The molecule has 0 radical (unpaired) electrons. The van der Waals surface area contributed by atoms with Crippen molar-refractivity contribution in [3.8, 4) is 0 Å². The Kier molecular flexibility index (Phi) is 7.05. The van der Waals surface area contributed by atoms with E-state index in [-0.39, 0.29) is 6.54 Å². The molecule has 0 aliphatic carbocycles. The molecule has 2 amide bonds. The highest BCUT2D eigenvalue weighted by atomic mass is 32.2. The van der Waals surface area contributed by atoms with Crippen LogP contribution in [0.2, 0.25) is 0 Å². The van der Waals surface area contributed by atoms with Gasteiger partial charge in [-0.15, -0.1) is 0 Å². The van der Waals surface area contributed by atoms with Crippen LogP contribution in [0, 0.1) is 34.6 Å². The van der Waals surface area contributed by atoms with Gasteiger partial charge in [0.05, 0.1) is 4.90 Å². The molecule has 7 nitrogen and oxygen atoms in total. The maximum absolute atomic E-state index is 13.4. The average Bonchev–Trinajstić information content (AvgIpc) is 3.17. The lowest BCUT2D eigenvalue weighted by molar-refractivity contribution is -0.136. The van der Waals surface area contributed by atoms with Crippen molar-refractivity contribution in [3.05, 3.63) is 58.1 Å². The summed E-state index contributed by atoms with van der Waals surface area (Å²) in [7, 11) is -3.71. The normalized spacial score (nSPS) is 16.7. The van der Waals surface area contributed by atoms with Crippen LogP contribution in [-0.4, -0.2) is 43.7 Å². The van der Waals surface area contributed by atoms with Crippen LogP contribution in [0.15, 0.2) is 35.2 Å². The Bertz CT molecular complexity index is 1130. The van der Waals surface area contributed by atoms with Crippen molar-refractivity contribution in [2.45, 2.75) is 58.4 Å². The molecule has 0 unspecified atom stereocenters. The third kappa shape index (κ3) is 5.02. The number of amides is 2. The summed E-state index contributed by atoms with van der Waals surface area (Å²) in [6.45, 7) is 9.78. The first-order valence-corrected chi connectivity index (χ1v) is 12.2. The zero-order valence-electron chi connectivity index (χ0n) is 19.3. The number of hydrogen-bond acceptors (Lipinski definition) is 4. The van der Waals surface area contributed by atoms with Gasteiger partial charge in [-0.1, -0.05) is 29.8 Å². The van der Waals surface area contributed by atoms with Crippen molar-refractivity contribution >= 4 is 27.5 Å². The monoisotopic (exact) mass is 457 g/mol. The molecule has 1 fully saturated rings. The molecule has 2 N–H and O–H groups in total. The first kappa shape index (κ1) is 23.9. The number of anilines is 1. The molecule has 0 saturated carbocycles. The van der Waals surface area contributed by atoms with Crippen molar-refractivity contribution in [1.82, 2.24) is 9.62 Å². The van der Waals surface area contributed by atoms with E-state index in [0.29, 0.717) is 41.1 Å². The molecule has 1 aliphatic rings. The van der Waals surface area contributed by atoms with Gasteiger partial charge < -0.3 is 10.6 Å². The van der Waals surface area contributed by atoms with Gasteiger partial charge in [0, 0.05) is 24.8 Å². The van der Waals surface area contributed by atoms with Gasteiger partial charge in [-0.05, 0) is 75.8 Å². The molecule has 1 heterocycles. The predicted octanol–water partition coefficient (Wildman–Crippen LogP) is 3.14. The van der Waals surface area contributed by atoms with E-state index < -0.39 is 27.9 Å². The Morgan fingerprint density at radius 2 is 1.59 bits per heavy atom. The molecular weight excluding hydrogens is 426 g/mol. The highest BCUT2D eigenvalue weighted by molar-refractivity contribution is 7.89. The second-order valence-corrected chi connectivity index (χ2v) is 10.4. The fraction of sp³-hybridized carbons (Fsp3) is 0.417. The lowest BCUT2D eigenvalue weighted by Crippen LogP contribution is -2.45. The molecule has 0 aromatic heterocycles. The molecule has 0 bridgehead atoms. The smallest absolute Gasteiger partial charge is 0.313 e. The maximum atomic E-state index is 13.4. The Balaban J connectivity index is 1.69. The lowest BCUT2D eigenvalue weighted by atomic mass is 10.1. The van der Waals surface area contributed by atoms with Gasteiger partial charge in [0.2, 0.25) is 10.0 Å². The van der Waals surface area contributed by atoms with Crippen LogP contribution in [0.1, 0.15) is 40.7 Å². The number of carbonyl (C=O) groups is 2.